The topological polar surface area (TPSA) is 86.0 Å². The Morgan fingerprint density at radius 3 is 2.42 bits per heavy atom. The Hall–Kier alpha value is -4.11. The van der Waals surface area contributed by atoms with Crippen LogP contribution in [0.2, 0.25) is 0 Å². The lowest BCUT2D eigenvalue weighted by atomic mass is 10.1. The minimum Gasteiger partial charge on any atom is -0.493 e. The first-order chi connectivity index (χ1) is 18.3. The molecule has 1 aromatic heterocycles. The summed E-state index contributed by atoms with van der Waals surface area (Å²) in [7, 11) is -2.85. The van der Waals surface area contributed by atoms with Crippen molar-refractivity contribution in [2.24, 2.45) is 5.92 Å². The molecular formula is C29H26FNO6S. The largest absolute Gasteiger partial charge is 0.493 e. The number of carbonyl (C=O) groups excluding carboxylic acids is 1. The fourth-order valence-electron chi connectivity index (χ4n) is 4.45. The standard InChI is InChI=1S/C29H26FNO6S/c1-35-27-14-9-20(16-28(27)37-38(33,34)24-12-10-22(30)11-13-24)18-31(19-23-8-5-15-36-23)29(32)26-17-25(26)21-6-3-2-4-7-21/h2-16,25-26H,17-19H2,1H3. The molecule has 0 aliphatic heterocycles. The molecule has 9 heteroatoms. The van der Waals surface area contributed by atoms with Crippen LogP contribution in [-0.4, -0.2) is 26.3 Å². The van der Waals surface area contributed by atoms with E-state index in [1.165, 1.54) is 13.2 Å². The van der Waals surface area contributed by atoms with Crippen molar-refractivity contribution in [3.63, 3.8) is 0 Å². The second-order valence-corrected chi connectivity index (χ2v) is 10.7. The number of nitrogens with zero attached hydrogens (tertiary/aromatic N) is 1. The molecule has 196 valence electrons. The number of hydrogen-bond acceptors (Lipinski definition) is 6. The molecule has 2 unspecified atom stereocenters. The van der Waals surface area contributed by atoms with Crippen LogP contribution in [0.4, 0.5) is 4.39 Å². The van der Waals surface area contributed by atoms with Gasteiger partial charge in [0.2, 0.25) is 5.91 Å². The van der Waals surface area contributed by atoms with Gasteiger partial charge in [-0.15, -0.1) is 0 Å². The second-order valence-electron chi connectivity index (χ2n) is 9.11. The lowest BCUT2D eigenvalue weighted by Crippen LogP contribution is -2.31. The third-order valence-electron chi connectivity index (χ3n) is 6.48. The van der Waals surface area contributed by atoms with E-state index in [4.69, 9.17) is 13.3 Å². The summed E-state index contributed by atoms with van der Waals surface area (Å²) >= 11 is 0. The Balaban J connectivity index is 1.38. The SMILES string of the molecule is COc1ccc(CN(Cc2ccco2)C(=O)C2CC2c2ccccc2)cc1OS(=O)(=O)c1ccc(F)cc1. The van der Waals surface area contributed by atoms with Crippen molar-refractivity contribution in [1.82, 2.24) is 4.90 Å². The van der Waals surface area contributed by atoms with E-state index in [2.05, 4.69) is 0 Å². The molecule has 0 N–H and O–H groups in total. The number of amides is 1. The van der Waals surface area contributed by atoms with Gasteiger partial charge in [0.25, 0.3) is 0 Å². The van der Waals surface area contributed by atoms with Crippen molar-refractivity contribution < 1.29 is 30.9 Å². The zero-order valence-corrected chi connectivity index (χ0v) is 21.4. The summed E-state index contributed by atoms with van der Waals surface area (Å²) in [5.74, 6) is 0.267. The van der Waals surface area contributed by atoms with Crippen molar-refractivity contribution in [3.8, 4) is 11.5 Å². The highest BCUT2D eigenvalue weighted by atomic mass is 32.2. The van der Waals surface area contributed by atoms with Crippen molar-refractivity contribution in [2.75, 3.05) is 7.11 Å². The summed E-state index contributed by atoms with van der Waals surface area (Å²) in [6.07, 6.45) is 2.33. The lowest BCUT2D eigenvalue weighted by Gasteiger charge is -2.23. The molecule has 38 heavy (non-hydrogen) atoms. The Labute approximate surface area is 220 Å². The summed E-state index contributed by atoms with van der Waals surface area (Å²) in [4.78, 5) is 15.1. The highest BCUT2D eigenvalue weighted by Crippen LogP contribution is 2.48. The molecule has 3 aromatic carbocycles. The van der Waals surface area contributed by atoms with E-state index in [-0.39, 0.29) is 47.2 Å². The number of rotatable bonds is 10. The highest BCUT2D eigenvalue weighted by molar-refractivity contribution is 7.87. The summed E-state index contributed by atoms with van der Waals surface area (Å²) in [6.45, 7) is 0.467. The third kappa shape index (κ3) is 5.73. The van der Waals surface area contributed by atoms with E-state index >= 15 is 0 Å². The zero-order chi connectivity index (χ0) is 26.7. The third-order valence-corrected chi connectivity index (χ3v) is 7.73. The van der Waals surface area contributed by atoms with Crippen molar-refractivity contribution in [1.29, 1.82) is 0 Å². The van der Waals surface area contributed by atoms with E-state index in [0.29, 0.717) is 11.3 Å². The molecule has 4 aromatic rings. The first-order valence-electron chi connectivity index (χ1n) is 12.1. The highest BCUT2D eigenvalue weighted by Gasteiger charge is 2.45. The van der Waals surface area contributed by atoms with Crippen LogP contribution in [0.15, 0.2) is 101 Å². The molecule has 1 aliphatic carbocycles. The Morgan fingerprint density at radius 2 is 1.74 bits per heavy atom. The Kier molecular flexibility index (Phi) is 7.20. The van der Waals surface area contributed by atoms with Gasteiger partial charge in [-0.1, -0.05) is 36.4 Å². The van der Waals surface area contributed by atoms with Crippen LogP contribution in [0, 0.1) is 11.7 Å². The number of benzene rings is 3. The van der Waals surface area contributed by atoms with Crippen molar-refractivity contribution >= 4 is 16.0 Å². The second kappa shape index (κ2) is 10.7. The fourth-order valence-corrected chi connectivity index (χ4v) is 5.38. The number of halogens is 1. The normalized spacial score (nSPS) is 16.6. The van der Waals surface area contributed by atoms with Gasteiger partial charge in [0.15, 0.2) is 11.5 Å². The van der Waals surface area contributed by atoms with Gasteiger partial charge in [0, 0.05) is 12.5 Å². The number of carbonyl (C=O) groups is 1. The molecule has 1 saturated carbocycles. The Morgan fingerprint density at radius 1 is 0.974 bits per heavy atom. The van der Waals surface area contributed by atoms with Crippen LogP contribution in [0.3, 0.4) is 0 Å². The van der Waals surface area contributed by atoms with E-state index in [0.717, 1.165) is 36.2 Å². The minimum atomic E-state index is -4.25. The summed E-state index contributed by atoms with van der Waals surface area (Å²) < 4.78 is 55.1. The average Bonchev–Trinajstić information content (AvgIpc) is 3.56. The summed E-state index contributed by atoms with van der Waals surface area (Å²) in [5.41, 5.74) is 1.78. The summed E-state index contributed by atoms with van der Waals surface area (Å²) in [5, 5.41) is 0. The molecule has 0 bridgehead atoms. The van der Waals surface area contributed by atoms with Crippen LogP contribution in [0.1, 0.15) is 29.2 Å². The zero-order valence-electron chi connectivity index (χ0n) is 20.6. The molecule has 2 atom stereocenters. The van der Waals surface area contributed by atoms with Crippen LogP contribution >= 0.6 is 0 Å². The molecule has 1 aliphatic rings. The van der Waals surface area contributed by atoms with Gasteiger partial charge in [-0.2, -0.15) is 8.42 Å². The number of furan rings is 1. The van der Waals surface area contributed by atoms with Crippen LogP contribution < -0.4 is 8.92 Å². The first-order valence-corrected chi connectivity index (χ1v) is 13.5. The number of hydrogen-bond donors (Lipinski definition) is 0. The number of methoxy groups -OCH3 is 1. The van der Waals surface area contributed by atoms with Crippen LogP contribution in [0.25, 0.3) is 0 Å². The smallest absolute Gasteiger partial charge is 0.339 e. The van der Waals surface area contributed by atoms with Gasteiger partial charge >= 0.3 is 10.1 Å². The van der Waals surface area contributed by atoms with Gasteiger partial charge in [-0.3, -0.25) is 4.79 Å². The van der Waals surface area contributed by atoms with E-state index in [1.807, 2.05) is 30.3 Å². The molecule has 0 saturated heterocycles. The molecule has 1 fully saturated rings. The monoisotopic (exact) mass is 535 g/mol. The molecule has 0 radical (unpaired) electrons. The molecule has 1 heterocycles. The van der Waals surface area contributed by atoms with Gasteiger partial charge < -0.3 is 18.2 Å². The van der Waals surface area contributed by atoms with Gasteiger partial charge in [-0.05, 0) is 72.0 Å². The maximum absolute atomic E-state index is 13.6. The van der Waals surface area contributed by atoms with Crippen LogP contribution in [0.5, 0.6) is 11.5 Å². The average molecular weight is 536 g/mol. The molecule has 5 rings (SSSR count). The molecular weight excluding hydrogens is 509 g/mol. The fraction of sp³-hybridized carbons (Fsp3) is 0.207. The number of ether oxygens (including phenoxy) is 1. The van der Waals surface area contributed by atoms with E-state index in [1.54, 1.807) is 35.4 Å². The predicted molar refractivity (Wildman–Crippen MR) is 137 cm³/mol. The first kappa shape index (κ1) is 25.5. The maximum atomic E-state index is 13.6. The minimum absolute atomic E-state index is 0.00697. The molecule has 7 nitrogen and oxygen atoms in total. The predicted octanol–water partition coefficient (Wildman–Crippen LogP) is 5.53. The van der Waals surface area contributed by atoms with Gasteiger partial charge in [-0.25, -0.2) is 4.39 Å². The van der Waals surface area contributed by atoms with Crippen molar-refractivity contribution in [3.05, 3.63) is 114 Å². The quantitative estimate of drug-likeness (QED) is 0.248. The molecule has 0 spiro atoms. The van der Waals surface area contributed by atoms with E-state index in [9.17, 15) is 17.6 Å². The van der Waals surface area contributed by atoms with Gasteiger partial charge in [0.1, 0.15) is 16.5 Å². The summed E-state index contributed by atoms with van der Waals surface area (Å²) in [6, 6.07) is 22.7. The maximum Gasteiger partial charge on any atom is 0.339 e. The van der Waals surface area contributed by atoms with Gasteiger partial charge in [0.05, 0.1) is 19.9 Å². The Bertz CT molecular complexity index is 1500. The van der Waals surface area contributed by atoms with Crippen LogP contribution in [-0.2, 0) is 28.0 Å². The van der Waals surface area contributed by atoms with E-state index < -0.39 is 15.9 Å². The lowest BCUT2D eigenvalue weighted by molar-refractivity contribution is -0.134. The molecule has 1 amide bonds. The van der Waals surface area contributed by atoms with Crippen molar-refractivity contribution in [2.45, 2.75) is 30.3 Å².